The molecule has 0 N–H and O–H groups in total. The highest BCUT2D eigenvalue weighted by molar-refractivity contribution is 6.14. The van der Waals surface area contributed by atoms with Crippen LogP contribution >= 0.6 is 0 Å². The van der Waals surface area contributed by atoms with E-state index in [1.807, 2.05) is 49.4 Å². The molecule has 0 bridgehead atoms. The molecule has 21 heavy (non-hydrogen) atoms. The molecule has 1 aromatic carbocycles. The van der Waals surface area contributed by atoms with Crippen molar-refractivity contribution in [3.63, 3.8) is 0 Å². The Balaban J connectivity index is 3.62. The highest BCUT2D eigenvalue weighted by atomic mass is 16.5. The summed E-state index contributed by atoms with van der Waals surface area (Å²) in [6.45, 7) is 5.47. The van der Waals surface area contributed by atoms with Crippen LogP contribution in [0.2, 0.25) is 0 Å². The number of nitrogens with zero attached hydrogens (tertiary/aromatic N) is 1. The van der Waals surface area contributed by atoms with Gasteiger partial charge in [-0.2, -0.15) is 5.26 Å². The molecule has 0 saturated carbocycles. The Morgan fingerprint density at radius 3 is 2.52 bits per heavy atom. The Hall–Kier alpha value is -2.80. The molecule has 104 valence electrons. The van der Waals surface area contributed by atoms with Crippen LogP contribution in [0.15, 0.2) is 72.4 Å². The fourth-order valence-electron chi connectivity index (χ4n) is 1.86. The highest BCUT2D eigenvalue weighted by Gasteiger charge is 2.18. The number of carbonyl (C=O) groups is 1. The van der Waals surface area contributed by atoms with Gasteiger partial charge < -0.3 is 4.65 Å². The third kappa shape index (κ3) is 4.08. The van der Waals surface area contributed by atoms with Crippen molar-refractivity contribution in [2.24, 2.45) is 0 Å². The normalized spacial score (nSPS) is 12.5. The second-order valence-corrected chi connectivity index (χ2v) is 4.06. The van der Waals surface area contributed by atoms with Gasteiger partial charge in [0.2, 0.25) is 0 Å². The molecule has 0 atom stereocenters. The van der Waals surface area contributed by atoms with Gasteiger partial charge in [0.15, 0.2) is 0 Å². The van der Waals surface area contributed by atoms with E-state index in [4.69, 9.17) is 4.65 Å². The van der Waals surface area contributed by atoms with Crippen LogP contribution in [0.25, 0.3) is 5.57 Å². The summed E-state index contributed by atoms with van der Waals surface area (Å²) in [7, 11) is 1.26. The molecular weight excluding hydrogens is 261 g/mol. The van der Waals surface area contributed by atoms with Gasteiger partial charge in [-0.05, 0) is 18.1 Å². The van der Waals surface area contributed by atoms with E-state index in [1.165, 1.54) is 8.05 Å². The van der Waals surface area contributed by atoms with Crippen LogP contribution in [0, 0.1) is 11.3 Å². The second kappa shape index (κ2) is 8.39. The average molecular weight is 277 g/mol. The first kappa shape index (κ1) is 16.3. The van der Waals surface area contributed by atoms with E-state index in [0.29, 0.717) is 5.57 Å². The lowest BCUT2D eigenvalue weighted by atomic mass is 9.92. The molecule has 0 radical (unpaired) electrons. The third-order valence-corrected chi connectivity index (χ3v) is 2.83. The first-order valence-corrected chi connectivity index (χ1v) is 6.43. The highest BCUT2D eigenvalue weighted by Crippen LogP contribution is 2.28. The van der Waals surface area contributed by atoms with Crippen molar-refractivity contribution in [3.8, 4) is 6.07 Å². The molecule has 0 amide bonds. The summed E-state index contributed by atoms with van der Waals surface area (Å²) < 4.78 is 4.71. The molecule has 0 saturated heterocycles. The molecule has 0 aliphatic carbocycles. The van der Waals surface area contributed by atoms with Crippen molar-refractivity contribution in [1.82, 2.24) is 0 Å². The molecule has 0 aliphatic rings. The average Bonchev–Trinajstić information content (AvgIpc) is 2.54. The number of nitriles is 1. The van der Waals surface area contributed by atoms with Gasteiger partial charge in [0.05, 0.1) is 0 Å². The van der Waals surface area contributed by atoms with Crippen molar-refractivity contribution in [2.75, 3.05) is 0 Å². The predicted octanol–water partition coefficient (Wildman–Crippen LogP) is 2.74. The minimum atomic E-state index is -0.650. The Morgan fingerprint density at radius 1 is 1.38 bits per heavy atom. The fourth-order valence-corrected chi connectivity index (χ4v) is 1.86. The number of hydrogen-bond donors (Lipinski definition) is 0. The summed E-state index contributed by atoms with van der Waals surface area (Å²) >= 11 is 0. The van der Waals surface area contributed by atoms with Crippen molar-refractivity contribution >= 4 is 19.6 Å². The lowest BCUT2D eigenvalue weighted by Gasteiger charge is -2.11. The molecule has 0 fully saturated rings. The van der Waals surface area contributed by atoms with Crippen LogP contribution < -0.4 is 0 Å². The molecule has 1 rings (SSSR count). The van der Waals surface area contributed by atoms with E-state index in [-0.39, 0.29) is 5.57 Å². The zero-order chi connectivity index (χ0) is 15.7. The van der Waals surface area contributed by atoms with E-state index in [1.54, 1.807) is 18.2 Å². The van der Waals surface area contributed by atoms with E-state index >= 15 is 0 Å². The maximum absolute atomic E-state index is 11.9. The quantitative estimate of drug-likeness (QED) is 0.360. The van der Waals surface area contributed by atoms with Gasteiger partial charge in [-0.25, -0.2) is 4.79 Å². The molecule has 0 aliphatic heterocycles. The minimum Gasteiger partial charge on any atom is -0.539 e. The van der Waals surface area contributed by atoms with Gasteiger partial charge >= 0.3 is 14.0 Å². The third-order valence-electron chi connectivity index (χ3n) is 2.83. The van der Waals surface area contributed by atoms with Gasteiger partial charge in [0.1, 0.15) is 11.6 Å². The second-order valence-electron chi connectivity index (χ2n) is 4.06. The molecule has 0 unspecified atom stereocenters. The molecule has 0 heterocycles. The maximum Gasteiger partial charge on any atom is 0.331 e. The van der Waals surface area contributed by atoms with Crippen molar-refractivity contribution < 1.29 is 9.45 Å². The summed E-state index contributed by atoms with van der Waals surface area (Å²) in [4.78, 5) is 11.9. The molecule has 0 spiro atoms. The van der Waals surface area contributed by atoms with Crippen LogP contribution in [0.3, 0.4) is 0 Å². The first-order chi connectivity index (χ1) is 10.2. The van der Waals surface area contributed by atoms with Gasteiger partial charge in [-0.1, -0.05) is 61.2 Å². The van der Waals surface area contributed by atoms with Crippen molar-refractivity contribution in [2.45, 2.75) is 6.92 Å². The number of rotatable bonds is 5. The zero-order valence-corrected chi connectivity index (χ0v) is 12.2. The Morgan fingerprint density at radius 2 is 2.05 bits per heavy atom. The van der Waals surface area contributed by atoms with E-state index in [9.17, 15) is 10.1 Å². The summed E-state index contributed by atoms with van der Waals surface area (Å²) in [6.07, 6.45) is 7.03. The van der Waals surface area contributed by atoms with Gasteiger partial charge in [-0.3, -0.25) is 0 Å². The number of benzene rings is 1. The van der Waals surface area contributed by atoms with E-state index in [0.717, 1.165) is 11.1 Å². The molecule has 4 heteroatoms. The molecule has 3 nitrogen and oxygen atoms in total. The molecule has 1 aromatic rings. The van der Waals surface area contributed by atoms with Crippen LogP contribution in [0.5, 0.6) is 0 Å². The Labute approximate surface area is 126 Å². The number of carbonyl (C=O) groups excluding carboxylic acids is 1. The molecule has 0 aromatic heterocycles. The predicted molar refractivity (Wildman–Crippen MR) is 86.7 cm³/mol. The SMILES string of the molecule is BOC(=O)\C(C#N)=C(C(/C=C\C=C)=C/C)\c1ccccc1. The van der Waals surface area contributed by atoms with E-state index in [2.05, 4.69) is 6.58 Å². The topological polar surface area (TPSA) is 50.1 Å². The Kier molecular flexibility index (Phi) is 6.50. The maximum atomic E-state index is 11.9. The van der Waals surface area contributed by atoms with Gasteiger partial charge in [-0.15, -0.1) is 0 Å². The van der Waals surface area contributed by atoms with Gasteiger partial charge in [0, 0.05) is 5.57 Å². The van der Waals surface area contributed by atoms with Crippen molar-refractivity contribution in [1.29, 1.82) is 5.26 Å². The number of hydrogen-bond acceptors (Lipinski definition) is 3. The smallest absolute Gasteiger partial charge is 0.331 e. The largest absolute Gasteiger partial charge is 0.539 e. The standard InChI is InChI=1S/C17H16BNO2/c1-3-5-9-13(4-2)16(14-10-7-6-8-11-14)15(12-19)17(20)21-18/h3-11H,1,18H2,2H3/b9-5-,13-4+,16-15+. The van der Waals surface area contributed by atoms with Crippen molar-refractivity contribution in [3.05, 3.63) is 77.9 Å². The van der Waals surface area contributed by atoms with Crippen LogP contribution in [-0.2, 0) is 9.45 Å². The summed E-state index contributed by atoms with van der Waals surface area (Å²) in [5.41, 5.74) is 2.06. The lowest BCUT2D eigenvalue weighted by molar-refractivity contribution is -0.129. The molecular formula is C17H16BNO2. The van der Waals surface area contributed by atoms with Crippen LogP contribution in [0.1, 0.15) is 12.5 Å². The zero-order valence-electron chi connectivity index (χ0n) is 12.2. The van der Waals surface area contributed by atoms with Crippen LogP contribution in [0.4, 0.5) is 0 Å². The summed E-state index contributed by atoms with van der Waals surface area (Å²) in [6, 6.07) is 11.2. The van der Waals surface area contributed by atoms with Crippen LogP contribution in [-0.4, -0.2) is 14.0 Å². The monoisotopic (exact) mass is 277 g/mol. The van der Waals surface area contributed by atoms with E-state index < -0.39 is 5.97 Å². The number of allylic oxidation sites excluding steroid dienone is 6. The Bertz CT molecular complexity index is 649. The van der Waals surface area contributed by atoms with Gasteiger partial charge in [0.25, 0.3) is 0 Å². The summed E-state index contributed by atoms with van der Waals surface area (Å²) in [5.74, 6) is -0.650. The lowest BCUT2D eigenvalue weighted by Crippen LogP contribution is -2.08. The fraction of sp³-hybridized carbons (Fsp3) is 0.0588. The first-order valence-electron chi connectivity index (χ1n) is 6.43. The summed E-state index contributed by atoms with van der Waals surface area (Å²) in [5, 5.41) is 9.35. The minimum absolute atomic E-state index is 0.0227.